The monoisotopic (exact) mass is 249 g/mol. The second-order valence-electron chi connectivity index (χ2n) is 4.10. The molecule has 3 aromatic rings. The maximum Gasteiger partial charge on any atom is 0.284 e. The molecule has 92 valence electrons. The molecule has 0 bridgehead atoms. The van der Waals surface area contributed by atoms with Crippen LogP contribution < -0.4 is 5.56 Å². The zero-order chi connectivity index (χ0) is 13.1. The molecule has 0 aliphatic carbocycles. The van der Waals surface area contributed by atoms with Crippen LogP contribution in [0, 0.1) is 0 Å². The first-order valence-corrected chi connectivity index (χ1v) is 5.96. The van der Waals surface area contributed by atoms with E-state index in [1.807, 2.05) is 42.5 Å². The standard InChI is InChI=1S/C16H11NO2/c18-16-13-8-4-5-9-14(13)19-15(17-16)11-10-12-6-2-1-3-7-12/h1-11H. The Hall–Kier alpha value is -2.68. The molecule has 0 N–H and O–H groups in total. The molecule has 3 rings (SSSR count). The molecule has 0 amide bonds. The molecule has 0 aliphatic heterocycles. The molecular weight excluding hydrogens is 238 g/mol. The zero-order valence-corrected chi connectivity index (χ0v) is 10.1. The number of hydrogen-bond donors (Lipinski definition) is 0. The van der Waals surface area contributed by atoms with Crippen LogP contribution in [0.25, 0.3) is 23.1 Å². The Bertz CT molecular complexity index is 788. The lowest BCUT2D eigenvalue weighted by Gasteiger charge is -1.97. The van der Waals surface area contributed by atoms with E-state index in [1.165, 1.54) is 0 Å². The zero-order valence-electron chi connectivity index (χ0n) is 10.1. The molecule has 2 aromatic carbocycles. The average Bonchev–Trinajstić information content (AvgIpc) is 2.46. The van der Waals surface area contributed by atoms with Crippen molar-refractivity contribution in [3.05, 3.63) is 76.4 Å². The van der Waals surface area contributed by atoms with Crippen molar-refractivity contribution >= 4 is 23.1 Å². The maximum atomic E-state index is 11.8. The number of benzene rings is 2. The fourth-order valence-corrected chi connectivity index (χ4v) is 1.83. The second-order valence-corrected chi connectivity index (χ2v) is 4.10. The Morgan fingerprint density at radius 1 is 0.895 bits per heavy atom. The van der Waals surface area contributed by atoms with Gasteiger partial charge in [-0.3, -0.25) is 4.79 Å². The predicted molar refractivity (Wildman–Crippen MR) is 75.6 cm³/mol. The number of rotatable bonds is 2. The molecule has 19 heavy (non-hydrogen) atoms. The van der Waals surface area contributed by atoms with E-state index in [4.69, 9.17) is 4.42 Å². The van der Waals surface area contributed by atoms with Gasteiger partial charge in [0.25, 0.3) is 5.56 Å². The minimum atomic E-state index is -0.269. The van der Waals surface area contributed by atoms with Crippen LogP contribution in [0.1, 0.15) is 11.5 Å². The molecule has 3 nitrogen and oxygen atoms in total. The fourth-order valence-electron chi connectivity index (χ4n) is 1.83. The Kier molecular flexibility index (Phi) is 2.94. The third-order valence-corrected chi connectivity index (χ3v) is 2.76. The van der Waals surface area contributed by atoms with Gasteiger partial charge in [0.05, 0.1) is 5.39 Å². The van der Waals surface area contributed by atoms with Crippen molar-refractivity contribution in [1.82, 2.24) is 4.98 Å². The highest BCUT2D eigenvalue weighted by atomic mass is 16.3. The highest BCUT2D eigenvalue weighted by Crippen LogP contribution is 2.12. The first kappa shape index (κ1) is 11.4. The molecule has 0 unspecified atom stereocenters. The smallest absolute Gasteiger partial charge is 0.284 e. The van der Waals surface area contributed by atoms with Gasteiger partial charge in [0.2, 0.25) is 5.89 Å². The van der Waals surface area contributed by atoms with Gasteiger partial charge in [-0.2, -0.15) is 4.98 Å². The van der Waals surface area contributed by atoms with Gasteiger partial charge in [0, 0.05) is 6.08 Å². The van der Waals surface area contributed by atoms with Crippen LogP contribution in [0.15, 0.2) is 63.8 Å². The first-order valence-electron chi connectivity index (χ1n) is 5.96. The van der Waals surface area contributed by atoms with Crippen LogP contribution in [0.5, 0.6) is 0 Å². The summed E-state index contributed by atoms with van der Waals surface area (Å²) in [4.78, 5) is 15.7. The van der Waals surface area contributed by atoms with Gasteiger partial charge >= 0.3 is 0 Å². The van der Waals surface area contributed by atoms with E-state index in [2.05, 4.69) is 4.98 Å². The summed E-state index contributed by atoms with van der Waals surface area (Å²) in [7, 11) is 0. The molecule has 0 aliphatic rings. The summed E-state index contributed by atoms with van der Waals surface area (Å²) in [5.41, 5.74) is 1.31. The highest BCUT2D eigenvalue weighted by molar-refractivity contribution is 5.76. The van der Waals surface area contributed by atoms with Crippen molar-refractivity contribution in [1.29, 1.82) is 0 Å². The Balaban J connectivity index is 2.02. The van der Waals surface area contributed by atoms with Crippen LogP contribution in [0.2, 0.25) is 0 Å². The van der Waals surface area contributed by atoms with E-state index < -0.39 is 0 Å². The van der Waals surface area contributed by atoms with Crippen LogP contribution >= 0.6 is 0 Å². The normalized spacial score (nSPS) is 11.2. The number of aromatic nitrogens is 1. The fraction of sp³-hybridized carbons (Fsp3) is 0. The Labute approximate surface area is 109 Å². The molecule has 0 saturated carbocycles. The van der Waals surface area contributed by atoms with Crippen molar-refractivity contribution < 1.29 is 4.42 Å². The number of nitrogens with zero attached hydrogens (tertiary/aromatic N) is 1. The average molecular weight is 249 g/mol. The lowest BCUT2D eigenvalue weighted by Crippen LogP contribution is -2.06. The van der Waals surface area contributed by atoms with Gasteiger partial charge < -0.3 is 4.42 Å². The van der Waals surface area contributed by atoms with E-state index in [0.717, 1.165) is 5.56 Å². The van der Waals surface area contributed by atoms with E-state index in [9.17, 15) is 4.79 Å². The first-order chi connectivity index (χ1) is 9.33. The van der Waals surface area contributed by atoms with Crippen molar-refractivity contribution in [2.45, 2.75) is 0 Å². The molecule has 0 fully saturated rings. The summed E-state index contributed by atoms with van der Waals surface area (Å²) in [6.45, 7) is 0. The third kappa shape index (κ3) is 2.45. The van der Waals surface area contributed by atoms with Crippen molar-refractivity contribution in [3.8, 4) is 0 Å². The molecule has 0 radical (unpaired) electrons. The van der Waals surface area contributed by atoms with Crippen LogP contribution in [-0.2, 0) is 0 Å². The van der Waals surface area contributed by atoms with Crippen molar-refractivity contribution in [2.75, 3.05) is 0 Å². The summed E-state index contributed by atoms with van der Waals surface area (Å²) in [6, 6.07) is 16.9. The van der Waals surface area contributed by atoms with Crippen LogP contribution in [0.4, 0.5) is 0 Å². The summed E-state index contributed by atoms with van der Waals surface area (Å²) in [6.07, 6.45) is 3.56. The van der Waals surface area contributed by atoms with Crippen molar-refractivity contribution in [3.63, 3.8) is 0 Å². The van der Waals surface area contributed by atoms with Gasteiger partial charge in [-0.05, 0) is 23.8 Å². The Morgan fingerprint density at radius 3 is 2.47 bits per heavy atom. The van der Waals surface area contributed by atoms with Gasteiger partial charge in [-0.25, -0.2) is 0 Å². The lowest BCUT2D eigenvalue weighted by atomic mass is 10.2. The van der Waals surface area contributed by atoms with Gasteiger partial charge in [0.15, 0.2) is 0 Å². The summed E-state index contributed by atoms with van der Waals surface area (Å²) < 4.78 is 5.57. The SMILES string of the molecule is O=c1nc(C=Cc2ccccc2)oc2ccccc12. The molecule has 0 spiro atoms. The Morgan fingerprint density at radius 2 is 1.63 bits per heavy atom. The van der Waals surface area contributed by atoms with E-state index in [0.29, 0.717) is 16.9 Å². The molecule has 1 heterocycles. The molecular formula is C16H11NO2. The largest absolute Gasteiger partial charge is 0.438 e. The maximum absolute atomic E-state index is 11.8. The van der Waals surface area contributed by atoms with Crippen LogP contribution in [-0.4, -0.2) is 4.98 Å². The number of fused-ring (bicyclic) bond motifs is 1. The second kappa shape index (κ2) is 4.90. The summed E-state index contributed by atoms with van der Waals surface area (Å²) >= 11 is 0. The van der Waals surface area contributed by atoms with Gasteiger partial charge in [-0.1, -0.05) is 42.5 Å². The highest BCUT2D eigenvalue weighted by Gasteiger charge is 2.02. The quantitative estimate of drug-likeness (QED) is 0.699. The predicted octanol–water partition coefficient (Wildman–Crippen LogP) is 3.36. The molecule has 0 atom stereocenters. The van der Waals surface area contributed by atoms with E-state index in [1.54, 1.807) is 24.3 Å². The summed E-state index contributed by atoms with van der Waals surface area (Å²) in [5.74, 6) is 0.313. The van der Waals surface area contributed by atoms with Gasteiger partial charge in [0.1, 0.15) is 5.58 Å². The molecule has 3 heteroatoms. The van der Waals surface area contributed by atoms with E-state index in [-0.39, 0.29) is 5.56 Å². The molecule has 1 aromatic heterocycles. The topological polar surface area (TPSA) is 43.1 Å². The van der Waals surface area contributed by atoms with E-state index >= 15 is 0 Å². The minimum Gasteiger partial charge on any atom is -0.438 e. The summed E-state index contributed by atoms with van der Waals surface area (Å²) in [5, 5.41) is 0.499. The molecule has 0 saturated heterocycles. The van der Waals surface area contributed by atoms with Crippen molar-refractivity contribution in [2.24, 2.45) is 0 Å². The number of para-hydroxylation sites is 1. The van der Waals surface area contributed by atoms with Crippen LogP contribution in [0.3, 0.4) is 0 Å². The number of hydrogen-bond acceptors (Lipinski definition) is 3. The van der Waals surface area contributed by atoms with Gasteiger partial charge in [-0.15, -0.1) is 0 Å². The third-order valence-electron chi connectivity index (χ3n) is 2.76. The lowest BCUT2D eigenvalue weighted by molar-refractivity contribution is 0.563. The minimum absolute atomic E-state index is 0.269.